The van der Waals surface area contributed by atoms with Crippen LogP contribution in [0.5, 0.6) is 0 Å². The van der Waals surface area contributed by atoms with Crippen LogP contribution >= 0.6 is 0 Å². The molecule has 1 unspecified atom stereocenters. The maximum atomic E-state index is 11.1. The predicted octanol–water partition coefficient (Wildman–Crippen LogP) is 0.989. The molecule has 0 aliphatic carbocycles. The Balaban J connectivity index is 2.38. The molecule has 0 spiro atoms. The van der Waals surface area contributed by atoms with Crippen molar-refractivity contribution in [1.82, 2.24) is 0 Å². The average Bonchev–Trinajstić information content (AvgIpc) is 2.19. The van der Waals surface area contributed by atoms with Gasteiger partial charge >= 0.3 is 12.1 Å². The normalized spacial score (nSPS) is 20.2. The first-order valence-corrected chi connectivity index (χ1v) is 3.84. The molecule has 5 heteroatoms. The summed E-state index contributed by atoms with van der Waals surface area (Å²) in [6.45, 7) is 0. The van der Waals surface area contributed by atoms with E-state index in [2.05, 4.69) is 9.47 Å². The van der Waals surface area contributed by atoms with E-state index in [1.165, 1.54) is 6.26 Å². The van der Waals surface area contributed by atoms with Crippen LogP contribution in [0.3, 0.4) is 0 Å². The van der Waals surface area contributed by atoms with Crippen molar-refractivity contribution in [1.29, 1.82) is 0 Å². The lowest BCUT2D eigenvalue weighted by Crippen LogP contribution is -2.28. The highest BCUT2D eigenvalue weighted by molar-refractivity contribution is 5.84. The fourth-order valence-electron chi connectivity index (χ4n) is 0.897. The minimum Gasteiger partial charge on any atom is -0.487 e. The van der Waals surface area contributed by atoms with E-state index in [0.29, 0.717) is 6.42 Å². The molecule has 72 valence electrons. The first-order valence-electron chi connectivity index (χ1n) is 3.84. The summed E-state index contributed by atoms with van der Waals surface area (Å²) in [5.74, 6) is -0.712. The van der Waals surface area contributed by atoms with Crippen molar-refractivity contribution in [2.75, 3.05) is 7.11 Å². The van der Waals surface area contributed by atoms with E-state index >= 15 is 0 Å². The van der Waals surface area contributed by atoms with Gasteiger partial charge in [-0.15, -0.1) is 0 Å². The molecular weight excluding hydrogens is 176 g/mol. The summed E-state index contributed by atoms with van der Waals surface area (Å²) in [7, 11) is 1.14. The van der Waals surface area contributed by atoms with Crippen LogP contribution in [0.25, 0.3) is 0 Å². The Labute approximate surface area is 75.3 Å². The third kappa shape index (κ3) is 2.77. The molecule has 1 heterocycles. The standard InChI is InChI=1S/C8H10O5/c1-11-8(10)13-7(9)6-4-2-3-5-12-6/h3,5-6H,2,4H2,1H3. The van der Waals surface area contributed by atoms with Gasteiger partial charge in [0.2, 0.25) is 0 Å². The van der Waals surface area contributed by atoms with Gasteiger partial charge in [-0.1, -0.05) is 0 Å². The minimum atomic E-state index is -1.01. The van der Waals surface area contributed by atoms with Crippen molar-refractivity contribution in [2.45, 2.75) is 18.9 Å². The lowest BCUT2D eigenvalue weighted by atomic mass is 10.2. The average molecular weight is 186 g/mol. The summed E-state index contributed by atoms with van der Waals surface area (Å²) >= 11 is 0. The van der Waals surface area contributed by atoms with Crippen molar-refractivity contribution in [3.8, 4) is 0 Å². The number of allylic oxidation sites excluding steroid dienone is 1. The molecule has 0 fully saturated rings. The molecule has 1 aliphatic heterocycles. The summed E-state index contributed by atoms with van der Waals surface area (Å²) < 4.78 is 13.4. The summed E-state index contributed by atoms with van der Waals surface area (Å²) in [4.78, 5) is 21.6. The first kappa shape index (κ1) is 9.57. The first-order chi connectivity index (χ1) is 6.24. The van der Waals surface area contributed by atoms with Gasteiger partial charge in [-0.05, 0) is 18.9 Å². The molecule has 13 heavy (non-hydrogen) atoms. The zero-order valence-corrected chi connectivity index (χ0v) is 7.19. The van der Waals surface area contributed by atoms with Gasteiger partial charge < -0.3 is 14.2 Å². The Kier molecular flexibility index (Phi) is 3.31. The maximum Gasteiger partial charge on any atom is 0.515 e. The molecule has 0 N–H and O–H groups in total. The van der Waals surface area contributed by atoms with E-state index in [-0.39, 0.29) is 0 Å². The van der Waals surface area contributed by atoms with Gasteiger partial charge in [-0.2, -0.15) is 0 Å². The molecule has 0 bridgehead atoms. The van der Waals surface area contributed by atoms with E-state index in [0.717, 1.165) is 13.5 Å². The van der Waals surface area contributed by atoms with Crippen LogP contribution in [0.4, 0.5) is 4.79 Å². The number of hydrogen-bond acceptors (Lipinski definition) is 5. The van der Waals surface area contributed by atoms with E-state index in [9.17, 15) is 9.59 Å². The summed E-state index contributed by atoms with van der Waals surface area (Å²) in [5.41, 5.74) is 0. The smallest absolute Gasteiger partial charge is 0.487 e. The van der Waals surface area contributed by atoms with Crippen molar-refractivity contribution in [2.24, 2.45) is 0 Å². The van der Waals surface area contributed by atoms with Crippen LogP contribution in [0, 0.1) is 0 Å². The molecule has 0 saturated heterocycles. The monoisotopic (exact) mass is 186 g/mol. The summed E-state index contributed by atoms with van der Waals surface area (Å²) in [5, 5.41) is 0. The van der Waals surface area contributed by atoms with Gasteiger partial charge in [0, 0.05) is 0 Å². The second-order valence-corrected chi connectivity index (χ2v) is 2.45. The van der Waals surface area contributed by atoms with Gasteiger partial charge in [-0.3, -0.25) is 0 Å². The molecule has 0 radical (unpaired) electrons. The molecule has 1 atom stereocenters. The third-order valence-corrected chi connectivity index (χ3v) is 1.55. The number of ether oxygens (including phenoxy) is 3. The number of carbonyl (C=O) groups excluding carboxylic acids is 2. The van der Waals surface area contributed by atoms with E-state index in [4.69, 9.17) is 4.74 Å². The van der Waals surface area contributed by atoms with Crippen molar-refractivity contribution in [3.63, 3.8) is 0 Å². The molecule has 0 aromatic heterocycles. The van der Waals surface area contributed by atoms with Gasteiger partial charge in [0.1, 0.15) is 0 Å². The molecule has 0 saturated carbocycles. The highest BCUT2D eigenvalue weighted by atomic mass is 16.7. The van der Waals surface area contributed by atoms with E-state index < -0.39 is 18.2 Å². The van der Waals surface area contributed by atoms with Gasteiger partial charge in [-0.25, -0.2) is 9.59 Å². The van der Waals surface area contributed by atoms with Crippen LogP contribution in [0.15, 0.2) is 12.3 Å². The zero-order chi connectivity index (χ0) is 9.68. The highest BCUT2D eigenvalue weighted by Crippen LogP contribution is 2.11. The number of hydrogen-bond donors (Lipinski definition) is 0. The molecule has 0 aromatic carbocycles. The van der Waals surface area contributed by atoms with Crippen LogP contribution in [0.2, 0.25) is 0 Å². The molecule has 5 nitrogen and oxygen atoms in total. The van der Waals surface area contributed by atoms with Crippen molar-refractivity contribution in [3.05, 3.63) is 12.3 Å². The fourth-order valence-corrected chi connectivity index (χ4v) is 0.897. The Bertz CT molecular complexity index is 233. The van der Waals surface area contributed by atoms with Crippen LogP contribution in [0.1, 0.15) is 12.8 Å². The van der Waals surface area contributed by atoms with E-state index in [1.807, 2.05) is 0 Å². The quantitative estimate of drug-likeness (QED) is 0.451. The van der Waals surface area contributed by atoms with Gasteiger partial charge in [0.25, 0.3) is 0 Å². The molecular formula is C8H10O5. The summed E-state index contributed by atoms with van der Waals surface area (Å²) in [6.07, 6.45) is 2.77. The Morgan fingerprint density at radius 3 is 2.85 bits per heavy atom. The van der Waals surface area contributed by atoms with Gasteiger partial charge in [0.15, 0.2) is 6.10 Å². The molecule has 0 amide bonds. The zero-order valence-electron chi connectivity index (χ0n) is 7.19. The molecule has 0 aromatic rings. The SMILES string of the molecule is COC(=O)OC(=O)C1CCC=CO1. The van der Waals surface area contributed by atoms with Crippen molar-refractivity contribution >= 4 is 12.1 Å². The number of rotatable bonds is 1. The lowest BCUT2D eigenvalue weighted by molar-refractivity contribution is -0.150. The topological polar surface area (TPSA) is 61.8 Å². The highest BCUT2D eigenvalue weighted by Gasteiger charge is 2.24. The third-order valence-electron chi connectivity index (χ3n) is 1.55. The number of esters is 1. The fraction of sp³-hybridized carbons (Fsp3) is 0.500. The van der Waals surface area contributed by atoms with Crippen molar-refractivity contribution < 1.29 is 23.8 Å². The maximum absolute atomic E-state index is 11.1. The predicted molar refractivity (Wildman–Crippen MR) is 41.7 cm³/mol. The van der Waals surface area contributed by atoms with Gasteiger partial charge in [0.05, 0.1) is 13.4 Å². The van der Waals surface area contributed by atoms with Crippen LogP contribution in [-0.2, 0) is 19.0 Å². The molecule has 1 rings (SSSR count). The van der Waals surface area contributed by atoms with Crippen LogP contribution < -0.4 is 0 Å². The lowest BCUT2D eigenvalue weighted by Gasteiger charge is -2.16. The minimum absolute atomic E-state index is 0.520. The Hall–Kier alpha value is -1.52. The second-order valence-electron chi connectivity index (χ2n) is 2.45. The Morgan fingerprint density at radius 2 is 2.31 bits per heavy atom. The summed E-state index contributed by atoms with van der Waals surface area (Å²) in [6, 6.07) is 0. The van der Waals surface area contributed by atoms with E-state index in [1.54, 1.807) is 6.08 Å². The second kappa shape index (κ2) is 4.49. The largest absolute Gasteiger partial charge is 0.515 e. The molecule has 1 aliphatic rings. The Morgan fingerprint density at radius 1 is 1.54 bits per heavy atom. The van der Waals surface area contributed by atoms with Crippen LogP contribution in [-0.4, -0.2) is 25.3 Å². The number of methoxy groups -OCH3 is 1. The number of carbonyl (C=O) groups is 2.